The molecule has 1 aromatic rings. The van der Waals surface area contributed by atoms with E-state index < -0.39 is 11.8 Å². The van der Waals surface area contributed by atoms with E-state index >= 15 is 0 Å². The molecule has 0 aliphatic carbocycles. The lowest BCUT2D eigenvalue weighted by atomic mass is 10.3. The third-order valence-corrected chi connectivity index (χ3v) is 1.51. The van der Waals surface area contributed by atoms with E-state index in [9.17, 15) is 14.0 Å². The maximum Gasteiger partial charge on any atom is 0.308 e. The lowest BCUT2D eigenvalue weighted by molar-refractivity contribution is -0.131. The second-order valence-corrected chi connectivity index (χ2v) is 2.92. The number of benzene rings is 1. The highest BCUT2D eigenvalue weighted by Gasteiger charge is 2.06. The Labute approximate surface area is 86.0 Å². The van der Waals surface area contributed by atoms with Crippen LogP contribution in [0.25, 0.3) is 0 Å². The highest BCUT2D eigenvalue weighted by Crippen LogP contribution is 2.20. The Bertz CT molecular complexity index is 404. The number of halogens is 1. The van der Waals surface area contributed by atoms with Crippen LogP contribution < -0.4 is 10.1 Å². The molecule has 0 radical (unpaired) electrons. The van der Waals surface area contributed by atoms with Gasteiger partial charge in [-0.3, -0.25) is 9.59 Å². The number of ether oxygens (including phenoxy) is 1. The summed E-state index contributed by atoms with van der Waals surface area (Å²) in [5.74, 6) is -1.44. The fourth-order valence-electron chi connectivity index (χ4n) is 1.02. The Hall–Kier alpha value is -1.91. The van der Waals surface area contributed by atoms with E-state index in [0.717, 1.165) is 6.07 Å². The van der Waals surface area contributed by atoms with Gasteiger partial charge in [-0.25, -0.2) is 4.39 Å². The van der Waals surface area contributed by atoms with Crippen molar-refractivity contribution in [2.45, 2.75) is 13.8 Å². The van der Waals surface area contributed by atoms with E-state index in [2.05, 4.69) is 10.1 Å². The molecule has 0 atom stereocenters. The van der Waals surface area contributed by atoms with E-state index in [1.807, 2.05) is 0 Å². The molecule has 1 amide bonds. The van der Waals surface area contributed by atoms with Crippen LogP contribution >= 0.6 is 0 Å². The molecular weight excluding hydrogens is 201 g/mol. The molecule has 5 heteroatoms. The number of amides is 1. The number of anilines is 1. The second-order valence-electron chi connectivity index (χ2n) is 2.92. The van der Waals surface area contributed by atoms with Crippen molar-refractivity contribution in [3.05, 3.63) is 24.0 Å². The number of hydrogen-bond donors (Lipinski definition) is 1. The van der Waals surface area contributed by atoms with Crippen LogP contribution in [0.4, 0.5) is 10.1 Å². The third-order valence-electron chi connectivity index (χ3n) is 1.51. The number of nitrogens with one attached hydrogen (secondary N) is 1. The zero-order valence-electron chi connectivity index (χ0n) is 8.33. The summed E-state index contributed by atoms with van der Waals surface area (Å²) >= 11 is 0. The van der Waals surface area contributed by atoms with E-state index in [-0.39, 0.29) is 17.3 Å². The first-order chi connectivity index (χ1) is 6.99. The van der Waals surface area contributed by atoms with E-state index in [1.165, 1.54) is 26.0 Å². The first-order valence-corrected chi connectivity index (χ1v) is 4.24. The highest BCUT2D eigenvalue weighted by molar-refractivity contribution is 5.88. The van der Waals surface area contributed by atoms with Gasteiger partial charge in [0.25, 0.3) is 0 Å². The number of carbonyl (C=O) groups excluding carboxylic acids is 2. The van der Waals surface area contributed by atoms with Gasteiger partial charge in [0.1, 0.15) is 11.6 Å². The van der Waals surface area contributed by atoms with Gasteiger partial charge in [0.2, 0.25) is 5.91 Å². The molecule has 80 valence electrons. The van der Waals surface area contributed by atoms with Crippen LogP contribution in [0.15, 0.2) is 18.2 Å². The van der Waals surface area contributed by atoms with Crippen LogP contribution in [0.1, 0.15) is 13.8 Å². The van der Waals surface area contributed by atoms with Gasteiger partial charge < -0.3 is 10.1 Å². The Morgan fingerprint density at radius 1 is 1.33 bits per heavy atom. The molecule has 1 aromatic carbocycles. The predicted molar refractivity (Wildman–Crippen MR) is 52.0 cm³/mol. The number of hydrogen-bond acceptors (Lipinski definition) is 3. The fourth-order valence-corrected chi connectivity index (χ4v) is 1.02. The van der Waals surface area contributed by atoms with Gasteiger partial charge in [0.05, 0.1) is 5.69 Å². The molecular formula is C10H10FNO3. The average molecular weight is 211 g/mol. The average Bonchev–Trinajstić information content (AvgIpc) is 2.08. The maximum atomic E-state index is 13.3. The summed E-state index contributed by atoms with van der Waals surface area (Å²) in [6.45, 7) is 2.50. The number of carbonyl (C=O) groups is 2. The molecule has 0 aliphatic heterocycles. The van der Waals surface area contributed by atoms with Crippen molar-refractivity contribution in [1.29, 1.82) is 0 Å². The summed E-state index contributed by atoms with van der Waals surface area (Å²) in [7, 11) is 0. The minimum absolute atomic E-state index is 0.0541. The molecule has 0 fully saturated rings. The van der Waals surface area contributed by atoms with Gasteiger partial charge in [-0.1, -0.05) is 0 Å². The number of rotatable bonds is 2. The van der Waals surface area contributed by atoms with Crippen LogP contribution in [0, 0.1) is 5.82 Å². The summed E-state index contributed by atoms with van der Waals surface area (Å²) in [6, 6.07) is 3.76. The van der Waals surface area contributed by atoms with Gasteiger partial charge in [-0.05, 0) is 12.1 Å². The zero-order valence-corrected chi connectivity index (χ0v) is 8.33. The minimum atomic E-state index is -0.649. The van der Waals surface area contributed by atoms with E-state index in [1.54, 1.807) is 0 Å². The summed E-state index contributed by atoms with van der Waals surface area (Å²) in [5, 5.41) is 2.30. The zero-order chi connectivity index (χ0) is 11.4. The molecule has 1 N–H and O–H groups in total. The van der Waals surface area contributed by atoms with Gasteiger partial charge in [0.15, 0.2) is 0 Å². The quantitative estimate of drug-likeness (QED) is 0.598. The lowest BCUT2D eigenvalue weighted by Gasteiger charge is -2.05. The fraction of sp³-hybridized carbons (Fsp3) is 0.200. The standard InChI is InChI=1S/C10H10FNO3/c1-6(13)12-10-4-3-8(5-9(10)11)15-7(2)14/h3-5H,1-2H3,(H,12,13). The lowest BCUT2D eigenvalue weighted by Crippen LogP contribution is -2.08. The van der Waals surface area contributed by atoms with Gasteiger partial charge >= 0.3 is 5.97 Å². The van der Waals surface area contributed by atoms with Crippen LogP contribution in [0.5, 0.6) is 5.75 Å². The summed E-state index contributed by atoms with van der Waals surface area (Å²) < 4.78 is 17.9. The SMILES string of the molecule is CC(=O)Nc1ccc(OC(C)=O)cc1F. The Balaban J connectivity index is 2.87. The van der Waals surface area contributed by atoms with Crippen LogP contribution in [-0.4, -0.2) is 11.9 Å². The minimum Gasteiger partial charge on any atom is -0.427 e. The third kappa shape index (κ3) is 3.38. The molecule has 0 saturated carbocycles. The van der Waals surface area contributed by atoms with Crippen molar-refractivity contribution in [2.75, 3.05) is 5.32 Å². The van der Waals surface area contributed by atoms with Crippen molar-refractivity contribution in [1.82, 2.24) is 0 Å². The van der Waals surface area contributed by atoms with Crippen molar-refractivity contribution < 1.29 is 18.7 Å². The number of esters is 1. The van der Waals surface area contributed by atoms with E-state index in [4.69, 9.17) is 0 Å². The molecule has 0 heterocycles. The van der Waals surface area contributed by atoms with Gasteiger partial charge in [0, 0.05) is 19.9 Å². The van der Waals surface area contributed by atoms with Crippen molar-refractivity contribution in [2.24, 2.45) is 0 Å². The van der Waals surface area contributed by atoms with Gasteiger partial charge in [-0.2, -0.15) is 0 Å². The van der Waals surface area contributed by atoms with Crippen LogP contribution in [-0.2, 0) is 9.59 Å². The van der Waals surface area contributed by atoms with E-state index in [0.29, 0.717) is 0 Å². The summed E-state index contributed by atoms with van der Waals surface area (Å²) in [6.07, 6.45) is 0. The Morgan fingerprint density at radius 3 is 2.47 bits per heavy atom. The molecule has 1 rings (SSSR count). The molecule has 15 heavy (non-hydrogen) atoms. The molecule has 0 bridgehead atoms. The largest absolute Gasteiger partial charge is 0.427 e. The molecule has 0 spiro atoms. The second kappa shape index (κ2) is 4.54. The van der Waals surface area contributed by atoms with Crippen molar-refractivity contribution >= 4 is 17.6 Å². The molecule has 0 aromatic heterocycles. The van der Waals surface area contributed by atoms with Crippen molar-refractivity contribution in [3.8, 4) is 5.75 Å². The smallest absolute Gasteiger partial charge is 0.308 e. The van der Waals surface area contributed by atoms with Crippen LogP contribution in [0.3, 0.4) is 0 Å². The summed E-state index contributed by atoms with van der Waals surface area (Å²) in [5.41, 5.74) is 0.0541. The Morgan fingerprint density at radius 2 is 2.00 bits per heavy atom. The monoisotopic (exact) mass is 211 g/mol. The first-order valence-electron chi connectivity index (χ1n) is 4.24. The highest BCUT2D eigenvalue weighted by atomic mass is 19.1. The van der Waals surface area contributed by atoms with Crippen molar-refractivity contribution in [3.63, 3.8) is 0 Å². The predicted octanol–water partition coefficient (Wildman–Crippen LogP) is 1.71. The van der Waals surface area contributed by atoms with Crippen LogP contribution in [0.2, 0.25) is 0 Å². The summed E-state index contributed by atoms with van der Waals surface area (Å²) in [4.78, 5) is 21.2. The topological polar surface area (TPSA) is 55.4 Å². The normalized spacial score (nSPS) is 9.53. The Kier molecular flexibility index (Phi) is 3.38. The maximum absolute atomic E-state index is 13.3. The molecule has 0 saturated heterocycles. The van der Waals surface area contributed by atoms with Gasteiger partial charge in [-0.15, -0.1) is 0 Å². The molecule has 4 nitrogen and oxygen atoms in total. The molecule has 0 aliphatic rings. The first kappa shape index (κ1) is 11.2. The molecule has 0 unspecified atom stereocenters.